The summed E-state index contributed by atoms with van der Waals surface area (Å²) in [6.45, 7) is 0.480. The number of pyridine rings is 1. The number of aromatic nitrogens is 1. The second-order valence-electron chi connectivity index (χ2n) is 4.17. The zero-order valence-corrected chi connectivity index (χ0v) is 12.0. The number of benzene rings is 1. The maximum Gasteiger partial charge on any atom is 0.338 e. The summed E-state index contributed by atoms with van der Waals surface area (Å²) in [7, 11) is 0. The van der Waals surface area contributed by atoms with E-state index in [2.05, 4.69) is 4.98 Å². The molecule has 0 bridgehead atoms. The number of hydrogen-bond acceptors (Lipinski definition) is 4. The third-order valence-electron chi connectivity index (χ3n) is 2.61. The van der Waals surface area contributed by atoms with Crippen LogP contribution in [0.3, 0.4) is 0 Å². The van der Waals surface area contributed by atoms with Gasteiger partial charge in [0.15, 0.2) is 0 Å². The molecule has 0 saturated heterocycles. The Morgan fingerprint density at radius 1 is 1.29 bits per heavy atom. The largest absolute Gasteiger partial charge is 0.494 e. The van der Waals surface area contributed by atoms with Crippen LogP contribution in [0.2, 0.25) is 0 Å². The van der Waals surface area contributed by atoms with Crippen LogP contribution in [0, 0.1) is 5.82 Å². The summed E-state index contributed by atoms with van der Waals surface area (Å²) in [6, 6.07) is 8.97. The highest BCUT2D eigenvalue weighted by Crippen LogP contribution is 2.21. The number of aromatic carboxylic acids is 1. The third kappa shape index (κ3) is 4.75. The second kappa shape index (κ2) is 7.64. The Hall–Kier alpha value is -2.08. The number of rotatable bonds is 7. The minimum absolute atomic E-state index is 0.210. The molecule has 0 aliphatic rings. The molecule has 0 fully saturated rings. The summed E-state index contributed by atoms with van der Waals surface area (Å²) in [5.41, 5.74) is 0.210. The zero-order valence-electron chi connectivity index (χ0n) is 11.2. The minimum atomic E-state index is -0.979. The number of hydrogen-bond donors (Lipinski definition) is 1. The number of thioether (sulfide) groups is 1. The van der Waals surface area contributed by atoms with Gasteiger partial charge < -0.3 is 9.84 Å². The van der Waals surface area contributed by atoms with E-state index >= 15 is 0 Å². The van der Waals surface area contributed by atoms with Crippen molar-refractivity contribution in [2.75, 3.05) is 12.4 Å². The molecular formula is C15H14FNO3S. The molecule has 1 aromatic carbocycles. The lowest BCUT2D eigenvalue weighted by atomic mass is 10.3. The van der Waals surface area contributed by atoms with Crippen molar-refractivity contribution in [1.82, 2.24) is 4.98 Å². The average molecular weight is 307 g/mol. The molecule has 1 aromatic heterocycles. The molecule has 2 rings (SSSR count). The molecule has 0 amide bonds. The van der Waals surface area contributed by atoms with Crippen LogP contribution in [0.5, 0.6) is 5.75 Å². The van der Waals surface area contributed by atoms with Gasteiger partial charge in [0.25, 0.3) is 0 Å². The standard InChI is InChI=1S/C15H14FNO3S/c16-11-4-6-12(7-5-11)20-9-2-10-21-14-13(15(18)19)3-1-8-17-14/h1,3-8H,2,9-10H2,(H,18,19). The minimum Gasteiger partial charge on any atom is -0.494 e. The lowest BCUT2D eigenvalue weighted by Crippen LogP contribution is -2.02. The normalized spacial score (nSPS) is 10.3. The summed E-state index contributed by atoms with van der Waals surface area (Å²) in [5.74, 6) is 0.0336. The van der Waals surface area contributed by atoms with E-state index in [1.54, 1.807) is 24.4 Å². The summed E-state index contributed by atoms with van der Waals surface area (Å²) in [6.07, 6.45) is 2.31. The monoisotopic (exact) mass is 307 g/mol. The van der Waals surface area contributed by atoms with E-state index in [0.29, 0.717) is 23.1 Å². The van der Waals surface area contributed by atoms with Gasteiger partial charge in [0.05, 0.1) is 12.2 Å². The molecule has 0 unspecified atom stereocenters. The summed E-state index contributed by atoms with van der Waals surface area (Å²) in [5, 5.41) is 9.54. The van der Waals surface area contributed by atoms with Gasteiger partial charge in [-0.25, -0.2) is 14.2 Å². The lowest BCUT2D eigenvalue weighted by Gasteiger charge is -2.06. The number of carboxylic acid groups (broad SMARTS) is 1. The molecule has 21 heavy (non-hydrogen) atoms. The van der Waals surface area contributed by atoms with Crippen LogP contribution >= 0.6 is 11.8 Å². The number of carboxylic acids is 1. The molecule has 0 spiro atoms. The molecular weight excluding hydrogens is 293 g/mol. The van der Waals surface area contributed by atoms with Gasteiger partial charge in [0, 0.05) is 11.9 Å². The van der Waals surface area contributed by atoms with Crippen molar-refractivity contribution in [2.45, 2.75) is 11.4 Å². The quantitative estimate of drug-likeness (QED) is 0.627. The maximum absolute atomic E-state index is 12.7. The van der Waals surface area contributed by atoms with E-state index < -0.39 is 5.97 Å². The van der Waals surface area contributed by atoms with Crippen LogP contribution in [0.25, 0.3) is 0 Å². The molecule has 0 atom stereocenters. The van der Waals surface area contributed by atoms with Gasteiger partial charge in [0.1, 0.15) is 16.6 Å². The molecule has 0 aliphatic heterocycles. The predicted molar refractivity (Wildman–Crippen MR) is 78.4 cm³/mol. The Labute approximate surface area is 126 Å². The van der Waals surface area contributed by atoms with Crippen LogP contribution in [-0.4, -0.2) is 28.4 Å². The van der Waals surface area contributed by atoms with E-state index in [-0.39, 0.29) is 11.4 Å². The fourth-order valence-electron chi connectivity index (χ4n) is 1.62. The van der Waals surface area contributed by atoms with E-state index in [4.69, 9.17) is 9.84 Å². The van der Waals surface area contributed by atoms with Crippen LogP contribution in [0.4, 0.5) is 4.39 Å². The van der Waals surface area contributed by atoms with Crippen molar-refractivity contribution in [3.63, 3.8) is 0 Å². The van der Waals surface area contributed by atoms with E-state index in [9.17, 15) is 9.18 Å². The smallest absolute Gasteiger partial charge is 0.338 e. The fourth-order valence-corrected chi connectivity index (χ4v) is 2.52. The van der Waals surface area contributed by atoms with Crippen molar-refractivity contribution in [3.8, 4) is 5.75 Å². The van der Waals surface area contributed by atoms with Crippen molar-refractivity contribution in [3.05, 3.63) is 54.0 Å². The molecule has 0 aliphatic carbocycles. The van der Waals surface area contributed by atoms with Crippen molar-refractivity contribution < 1.29 is 19.0 Å². The molecule has 110 valence electrons. The summed E-state index contributed by atoms with van der Waals surface area (Å²) < 4.78 is 18.2. The van der Waals surface area contributed by atoms with Gasteiger partial charge in [-0.1, -0.05) is 0 Å². The number of nitrogens with zero attached hydrogens (tertiary/aromatic N) is 1. The Morgan fingerprint density at radius 3 is 2.76 bits per heavy atom. The van der Waals surface area contributed by atoms with Gasteiger partial charge in [-0.05, 0) is 42.8 Å². The lowest BCUT2D eigenvalue weighted by molar-refractivity contribution is 0.0692. The summed E-state index contributed by atoms with van der Waals surface area (Å²) in [4.78, 5) is 15.1. The average Bonchev–Trinajstić information content (AvgIpc) is 2.49. The first-order valence-corrected chi connectivity index (χ1v) is 7.35. The highest BCUT2D eigenvalue weighted by atomic mass is 32.2. The number of carbonyl (C=O) groups is 1. The van der Waals surface area contributed by atoms with Gasteiger partial charge in [-0.15, -0.1) is 11.8 Å². The van der Waals surface area contributed by atoms with Gasteiger partial charge >= 0.3 is 5.97 Å². The van der Waals surface area contributed by atoms with Crippen molar-refractivity contribution in [1.29, 1.82) is 0 Å². The summed E-state index contributed by atoms with van der Waals surface area (Å²) >= 11 is 1.38. The molecule has 1 heterocycles. The van der Waals surface area contributed by atoms with Gasteiger partial charge in [-0.3, -0.25) is 0 Å². The Bertz CT molecular complexity index is 604. The predicted octanol–water partition coefficient (Wildman–Crippen LogP) is 3.48. The maximum atomic E-state index is 12.7. The second-order valence-corrected chi connectivity index (χ2v) is 5.25. The van der Waals surface area contributed by atoms with E-state index in [0.717, 1.165) is 6.42 Å². The zero-order chi connectivity index (χ0) is 15.1. The van der Waals surface area contributed by atoms with Crippen molar-refractivity contribution in [2.24, 2.45) is 0 Å². The topological polar surface area (TPSA) is 59.4 Å². The Kier molecular flexibility index (Phi) is 5.57. The number of halogens is 1. The first-order chi connectivity index (χ1) is 10.2. The van der Waals surface area contributed by atoms with Crippen LogP contribution in [0.15, 0.2) is 47.6 Å². The van der Waals surface area contributed by atoms with Crippen LogP contribution < -0.4 is 4.74 Å². The van der Waals surface area contributed by atoms with Crippen LogP contribution in [-0.2, 0) is 0 Å². The number of ether oxygens (including phenoxy) is 1. The van der Waals surface area contributed by atoms with Crippen LogP contribution in [0.1, 0.15) is 16.8 Å². The Morgan fingerprint density at radius 2 is 2.05 bits per heavy atom. The molecule has 6 heteroatoms. The highest BCUT2D eigenvalue weighted by molar-refractivity contribution is 7.99. The molecule has 0 saturated carbocycles. The molecule has 0 radical (unpaired) electrons. The fraction of sp³-hybridized carbons (Fsp3) is 0.200. The third-order valence-corrected chi connectivity index (χ3v) is 3.70. The van der Waals surface area contributed by atoms with Crippen molar-refractivity contribution >= 4 is 17.7 Å². The first kappa shape index (κ1) is 15.3. The SMILES string of the molecule is O=C(O)c1cccnc1SCCCOc1ccc(F)cc1. The van der Waals surface area contributed by atoms with Gasteiger partial charge in [-0.2, -0.15) is 0 Å². The van der Waals surface area contributed by atoms with E-state index in [1.165, 1.54) is 30.0 Å². The van der Waals surface area contributed by atoms with E-state index in [1.807, 2.05) is 0 Å². The highest BCUT2D eigenvalue weighted by Gasteiger charge is 2.10. The Balaban J connectivity index is 1.75. The molecule has 4 nitrogen and oxygen atoms in total. The van der Waals surface area contributed by atoms with Gasteiger partial charge in [0.2, 0.25) is 0 Å². The molecule has 1 N–H and O–H groups in total. The first-order valence-electron chi connectivity index (χ1n) is 6.36. The molecule has 2 aromatic rings.